The lowest BCUT2D eigenvalue weighted by atomic mass is 9.92. The van der Waals surface area contributed by atoms with Gasteiger partial charge in [-0.25, -0.2) is 9.67 Å². The molecule has 1 atom stereocenters. The van der Waals surface area contributed by atoms with Crippen molar-refractivity contribution in [1.82, 2.24) is 14.7 Å². The van der Waals surface area contributed by atoms with E-state index >= 15 is 0 Å². The van der Waals surface area contributed by atoms with E-state index in [1.165, 1.54) is 12.8 Å². The zero-order chi connectivity index (χ0) is 15.5. The monoisotopic (exact) mass is 292 g/mol. The van der Waals surface area contributed by atoms with Crippen LogP contribution in [0.4, 0.5) is 5.82 Å². The molecule has 0 N–H and O–H groups in total. The summed E-state index contributed by atoms with van der Waals surface area (Å²) in [5.41, 5.74) is 1.10. The van der Waals surface area contributed by atoms with Gasteiger partial charge in [-0.05, 0) is 19.3 Å². The quantitative estimate of drug-likeness (QED) is 0.633. The highest BCUT2D eigenvalue weighted by Crippen LogP contribution is 2.26. The first-order valence-corrected chi connectivity index (χ1v) is 7.77. The molecule has 21 heavy (non-hydrogen) atoms. The largest absolute Gasteiger partial charge is 0.376 e. The molecule has 1 saturated heterocycles. The molecule has 0 aromatic carbocycles. The second-order valence-electron chi connectivity index (χ2n) is 7.02. The van der Waals surface area contributed by atoms with Gasteiger partial charge in [0.25, 0.3) is 0 Å². The minimum absolute atomic E-state index is 0.0288. The number of hydrogen-bond acceptors (Lipinski definition) is 3. The van der Waals surface area contributed by atoms with Crippen LogP contribution in [0.3, 0.4) is 0 Å². The summed E-state index contributed by atoms with van der Waals surface area (Å²) in [5, 5.41) is 4.76. The van der Waals surface area contributed by atoms with Crippen LogP contribution in [-0.2, 0) is 16.7 Å². The lowest BCUT2D eigenvalue weighted by Crippen LogP contribution is -2.25. The highest BCUT2D eigenvalue weighted by atomic mass is 16.5. The zero-order valence-corrected chi connectivity index (χ0v) is 14.0. The molecule has 1 aromatic rings. The van der Waals surface area contributed by atoms with Gasteiger partial charge < -0.3 is 9.64 Å². The van der Waals surface area contributed by atoms with E-state index < -0.39 is 0 Å². The maximum Gasteiger partial charge on any atom is 0.152 e. The maximum atomic E-state index is 5.83. The van der Waals surface area contributed by atoms with Crippen molar-refractivity contribution in [3.05, 3.63) is 11.8 Å². The van der Waals surface area contributed by atoms with E-state index in [2.05, 4.69) is 31.8 Å². The second kappa shape index (κ2) is 6.60. The molecule has 5 heteroatoms. The standard InChI is InChI=1S/C16H28N4O/c1-16(2,3)14-10-15(17-12-19(4)5)20(18-14)11-13-8-6-7-9-21-13/h10,12-13H,6-9,11H2,1-5H3. The van der Waals surface area contributed by atoms with Crippen molar-refractivity contribution in [3.63, 3.8) is 0 Å². The summed E-state index contributed by atoms with van der Waals surface area (Å²) in [6.07, 6.45) is 5.62. The first kappa shape index (κ1) is 16.0. The fourth-order valence-electron chi connectivity index (χ4n) is 2.33. The van der Waals surface area contributed by atoms with E-state index in [-0.39, 0.29) is 11.5 Å². The molecule has 5 nitrogen and oxygen atoms in total. The van der Waals surface area contributed by atoms with Crippen LogP contribution in [-0.4, -0.2) is 47.8 Å². The Bertz CT molecular complexity index is 479. The number of nitrogens with zero attached hydrogens (tertiary/aromatic N) is 4. The Morgan fingerprint density at radius 2 is 2.19 bits per heavy atom. The zero-order valence-electron chi connectivity index (χ0n) is 14.0. The molecule has 1 unspecified atom stereocenters. The molecule has 1 aliphatic heterocycles. The number of aromatic nitrogens is 2. The third-order valence-electron chi connectivity index (χ3n) is 3.60. The molecule has 2 heterocycles. The Labute approximate surface area is 128 Å². The fourth-order valence-corrected chi connectivity index (χ4v) is 2.33. The van der Waals surface area contributed by atoms with Crippen molar-refractivity contribution < 1.29 is 4.74 Å². The van der Waals surface area contributed by atoms with Gasteiger partial charge in [-0.1, -0.05) is 20.8 Å². The van der Waals surface area contributed by atoms with Gasteiger partial charge in [-0.15, -0.1) is 0 Å². The number of aliphatic imine (C=N–C) groups is 1. The van der Waals surface area contributed by atoms with Crippen molar-refractivity contribution in [2.75, 3.05) is 20.7 Å². The Balaban J connectivity index is 2.21. The van der Waals surface area contributed by atoms with E-state index in [4.69, 9.17) is 9.84 Å². The summed E-state index contributed by atoms with van der Waals surface area (Å²) in [7, 11) is 3.94. The van der Waals surface area contributed by atoms with Crippen LogP contribution < -0.4 is 0 Å². The highest BCUT2D eigenvalue weighted by Gasteiger charge is 2.22. The van der Waals surface area contributed by atoms with E-state index in [1.807, 2.05) is 30.0 Å². The smallest absolute Gasteiger partial charge is 0.152 e. The molecule has 1 aromatic heterocycles. The summed E-state index contributed by atoms with van der Waals surface area (Å²) < 4.78 is 7.83. The predicted molar refractivity (Wildman–Crippen MR) is 86.4 cm³/mol. The van der Waals surface area contributed by atoms with Gasteiger partial charge in [0.1, 0.15) is 0 Å². The first-order chi connectivity index (χ1) is 9.86. The predicted octanol–water partition coefficient (Wildman–Crippen LogP) is 2.97. The Hall–Kier alpha value is -1.36. The molecule has 0 spiro atoms. The minimum atomic E-state index is 0.0288. The molecule has 2 rings (SSSR count). The van der Waals surface area contributed by atoms with Crippen molar-refractivity contribution >= 4 is 12.2 Å². The van der Waals surface area contributed by atoms with Gasteiger partial charge in [-0.3, -0.25) is 0 Å². The summed E-state index contributed by atoms with van der Waals surface area (Å²) in [6.45, 7) is 8.19. The van der Waals surface area contributed by atoms with Gasteiger partial charge in [0.15, 0.2) is 5.82 Å². The molecule has 1 aliphatic rings. The Morgan fingerprint density at radius 1 is 1.43 bits per heavy atom. The van der Waals surface area contributed by atoms with Crippen LogP contribution in [0.25, 0.3) is 0 Å². The molecule has 0 bridgehead atoms. The summed E-state index contributed by atoms with van der Waals surface area (Å²) in [4.78, 5) is 6.49. The highest BCUT2D eigenvalue weighted by molar-refractivity contribution is 5.59. The molecule has 1 fully saturated rings. The van der Waals surface area contributed by atoms with Crippen LogP contribution in [0.2, 0.25) is 0 Å². The van der Waals surface area contributed by atoms with Crippen LogP contribution in [0.15, 0.2) is 11.1 Å². The van der Waals surface area contributed by atoms with Gasteiger partial charge >= 0.3 is 0 Å². The molecule has 0 radical (unpaired) electrons. The lowest BCUT2D eigenvalue weighted by molar-refractivity contribution is 0.00419. The van der Waals surface area contributed by atoms with E-state index in [0.717, 1.165) is 31.1 Å². The molecule has 0 aliphatic carbocycles. The van der Waals surface area contributed by atoms with Gasteiger partial charge in [0.05, 0.1) is 24.7 Å². The number of hydrogen-bond donors (Lipinski definition) is 0. The average molecular weight is 292 g/mol. The van der Waals surface area contributed by atoms with Crippen molar-refractivity contribution in [1.29, 1.82) is 0 Å². The second-order valence-corrected chi connectivity index (χ2v) is 7.02. The molecule has 118 valence electrons. The van der Waals surface area contributed by atoms with Gasteiger partial charge in [-0.2, -0.15) is 5.10 Å². The normalized spacial score (nSPS) is 20.1. The molecular weight excluding hydrogens is 264 g/mol. The minimum Gasteiger partial charge on any atom is -0.376 e. The topological polar surface area (TPSA) is 42.7 Å². The SMILES string of the molecule is CN(C)C=Nc1cc(C(C)(C)C)nn1CC1CCCCO1. The van der Waals surface area contributed by atoms with Crippen molar-refractivity contribution in [3.8, 4) is 0 Å². The number of rotatable bonds is 4. The average Bonchev–Trinajstić information content (AvgIpc) is 2.81. The maximum absolute atomic E-state index is 5.83. The van der Waals surface area contributed by atoms with Gasteiger partial charge in [0.2, 0.25) is 0 Å². The molecule has 0 saturated carbocycles. The molecule has 0 amide bonds. The molecular formula is C16H28N4O. The summed E-state index contributed by atoms with van der Waals surface area (Å²) in [5.74, 6) is 0.905. The van der Waals surface area contributed by atoms with Crippen LogP contribution >= 0.6 is 0 Å². The van der Waals surface area contributed by atoms with Crippen molar-refractivity contribution in [2.45, 2.75) is 58.1 Å². The van der Waals surface area contributed by atoms with Crippen LogP contribution in [0.5, 0.6) is 0 Å². The van der Waals surface area contributed by atoms with E-state index in [1.54, 1.807) is 0 Å². The van der Waals surface area contributed by atoms with E-state index in [9.17, 15) is 0 Å². The van der Waals surface area contributed by atoms with Gasteiger partial charge in [0, 0.05) is 32.2 Å². The number of ether oxygens (including phenoxy) is 1. The van der Waals surface area contributed by atoms with Crippen LogP contribution in [0.1, 0.15) is 45.7 Å². The van der Waals surface area contributed by atoms with E-state index in [0.29, 0.717) is 0 Å². The third kappa shape index (κ3) is 4.56. The van der Waals surface area contributed by atoms with Crippen LogP contribution in [0, 0.1) is 0 Å². The third-order valence-corrected chi connectivity index (χ3v) is 3.60. The Kier molecular flexibility index (Phi) is 5.04. The summed E-state index contributed by atoms with van der Waals surface area (Å²) in [6, 6.07) is 2.09. The fraction of sp³-hybridized carbons (Fsp3) is 0.750. The van der Waals surface area contributed by atoms with Crippen molar-refractivity contribution in [2.24, 2.45) is 4.99 Å². The summed E-state index contributed by atoms with van der Waals surface area (Å²) >= 11 is 0. The first-order valence-electron chi connectivity index (χ1n) is 7.77. The Morgan fingerprint density at radius 3 is 2.76 bits per heavy atom. The lowest BCUT2D eigenvalue weighted by Gasteiger charge is -2.23.